The van der Waals surface area contributed by atoms with E-state index < -0.39 is 17.7 Å². The van der Waals surface area contributed by atoms with Gasteiger partial charge in [-0.15, -0.1) is 0 Å². The first-order valence-corrected chi connectivity index (χ1v) is 12.4. The largest absolute Gasteiger partial charge is 0.411 e. The molecule has 0 unspecified atom stereocenters. The van der Waals surface area contributed by atoms with E-state index in [4.69, 9.17) is 28.5 Å². The van der Waals surface area contributed by atoms with Gasteiger partial charge >= 0.3 is 6.09 Å². The lowest BCUT2D eigenvalue weighted by Gasteiger charge is -2.41. The molecule has 1 aromatic rings. The van der Waals surface area contributed by atoms with Gasteiger partial charge in [0.1, 0.15) is 11.4 Å². The highest BCUT2D eigenvalue weighted by Crippen LogP contribution is 2.40. The van der Waals surface area contributed by atoms with Gasteiger partial charge in [0.2, 0.25) is 5.82 Å². The Morgan fingerprint density at radius 1 is 1.34 bits per heavy atom. The van der Waals surface area contributed by atoms with Gasteiger partial charge in [-0.1, -0.05) is 31.4 Å². The zero-order chi connectivity index (χ0) is 25.6. The molecule has 5 N–H and O–H groups in total. The number of ether oxygens (including phenoxy) is 1. The number of hydrogen-bond donors (Lipinski definition) is 3. The fourth-order valence-electron chi connectivity index (χ4n) is 4.67. The normalized spacial score (nSPS) is 22.0. The highest BCUT2D eigenvalue weighted by atomic mass is 35.5. The van der Waals surface area contributed by atoms with Gasteiger partial charge in [-0.2, -0.15) is 0 Å². The Morgan fingerprint density at radius 2 is 2.03 bits per heavy atom. The summed E-state index contributed by atoms with van der Waals surface area (Å²) >= 11 is 5.86. The summed E-state index contributed by atoms with van der Waals surface area (Å²) in [6.45, 7) is 4.82. The van der Waals surface area contributed by atoms with E-state index in [1.807, 2.05) is 4.90 Å². The van der Waals surface area contributed by atoms with Crippen molar-refractivity contribution in [2.45, 2.75) is 70.9 Å². The standard InChI is InChI=1S/C24H35ClFN7O2/c1-15-4-6-17(7-5-15)13-33(14-24(26)9-3-10-24)19-18(8-11-30-12-16(2)25)31-22(32-20(19)27)21(28)35-23(29)34/h11-12,15,17,28H,3-10,13-14H2,1-2H3,(H2,29,34)(H2,27,31,32)/b16-12+,28-21?,30-11?. The van der Waals surface area contributed by atoms with Crippen molar-refractivity contribution in [1.29, 1.82) is 5.41 Å². The second-order valence-electron chi connectivity index (χ2n) is 9.74. The molecule has 192 valence electrons. The summed E-state index contributed by atoms with van der Waals surface area (Å²) < 4.78 is 20.0. The summed E-state index contributed by atoms with van der Waals surface area (Å²) in [4.78, 5) is 25.9. The Labute approximate surface area is 210 Å². The van der Waals surface area contributed by atoms with E-state index in [1.165, 1.54) is 6.20 Å². The molecule has 1 heterocycles. The maximum atomic E-state index is 15.4. The molecule has 0 aromatic carbocycles. The van der Waals surface area contributed by atoms with Gasteiger partial charge in [-0.3, -0.25) is 10.4 Å². The molecule has 3 rings (SSSR count). The van der Waals surface area contributed by atoms with Gasteiger partial charge in [0.05, 0.1) is 12.2 Å². The summed E-state index contributed by atoms with van der Waals surface area (Å²) in [6, 6.07) is 0. The molecular weight excluding hydrogens is 473 g/mol. The van der Waals surface area contributed by atoms with E-state index in [2.05, 4.69) is 26.6 Å². The number of nitrogens with two attached hydrogens (primary N) is 2. The van der Waals surface area contributed by atoms with E-state index in [0.29, 0.717) is 47.6 Å². The van der Waals surface area contributed by atoms with Gasteiger partial charge in [0.15, 0.2) is 5.82 Å². The molecule has 0 radical (unpaired) electrons. The average Bonchev–Trinajstić information content (AvgIpc) is 2.76. The molecule has 0 spiro atoms. The van der Waals surface area contributed by atoms with Gasteiger partial charge < -0.3 is 21.1 Å². The fraction of sp³-hybridized carbons (Fsp3) is 0.625. The van der Waals surface area contributed by atoms with Crippen LogP contribution in [0, 0.1) is 17.2 Å². The van der Waals surface area contributed by atoms with Gasteiger partial charge in [-0.05, 0) is 50.9 Å². The van der Waals surface area contributed by atoms with E-state index >= 15 is 4.39 Å². The van der Waals surface area contributed by atoms with Crippen molar-refractivity contribution in [3.63, 3.8) is 0 Å². The molecule has 1 amide bonds. The zero-order valence-electron chi connectivity index (χ0n) is 20.4. The molecule has 2 aliphatic carbocycles. The van der Waals surface area contributed by atoms with Crippen LogP contribution in [0.3, 0.4) is 0 Å². The van der Waals surface area contributed by atoms with Crippen LogP contribution in [0.15, 0.2) is 16.2 Å². The van der Waals surface area contributed by atoms with Crippen molar-refractivity contribution in [2.24, 2.45) is 22.6 Å². The number of aliphatic imine (C=N–C) groups is 1. The number of rotatable bonds is 9. The number of alkyl halides is 1. The molecule has 11 heteroatoms. The average molecular weight is 508 g/mol. The number of hydrogen-bond acceptors (Lipinski definition) is 8. The minimum absolute atomic E-state index is 0.0902. The minimum Gasteiger partial charge on any atom is -0.388 e. The van der Waals surface area contributed by atoms with Crippen LogP contribution in [0.5, 0.6) is 0 Å². The number of carbonyl (C=O) groups is 1. The number of primary amides is 1. The topological polar surface area (TPSA) is 144 Å². The third-order valence-corrected chi connectivity index (χ3v) is 6.78. The number of nitrogens with one attached hydrogen (secondary N) is 1. The lowest BCUT2D eigenvalue weighted by molar-refractivity contribution is 0.0696. The van der Waals surface area contributed by atoms with Crippen LogP contribution in [0.25, 0.3) is 0 Å². The van der Waals surface area contributed by atoms with Crippen LogP contribution in [0.2, 0.25) is 0 Å². The molecule has 2 saturated carbocycles. The zero-order valence-corrected chi connectivity index (χ0v) is 21.2. The molecule has 2 fully saturated rings. The van der Waals surface area contributed by atoms with Crippen molar-refractivity contribution < 1.29 is 13.9 Å². The summed E-state index contributed by atoms with van der Waals surface area (Å²) in [5.74, 6) is 0.413. The number of anilines is 2. The van der Waals surface area contributed by atoms with Crippen molar-refractivity contribution in [3.8, 4) is 0 Å². The van der Waals surface area contributed by atoms with Gasteiger partial charge in [0, 0.05) is 30.4 Å². The van der Waals surface area contributed by atoms with Crippen LogP contribution in [-0.4, -0.2) is 46.9 Å². The highest BCUT2D eigenvalue weighted by molar-refractivity contribution is 6.29. The Hall–Kier alpha value is -2.75. The lowest BCUT2D eigenvalue weighted by atomic mass is 9.80. The first kappa shape index (κ1) is 26.8. The Bertz CT molecular complexity index is 984. The van der Waals surface area contributed by atoms with Crippen LogP contribution in [0.1, 0.15) is 70.3 Å². The maximum Gasteiger partial charge on any atom is 0.411 e. The SMILES string of the molecule is C/C(Cl)=C\N=CCc1nc(C(=N)OC(N)=O)nc(N)c1N(CC1CCC(C)CC1)CC1(F)CCC1. The summed E-state index contributed by atoms with van der Waals surface area (Å²) in [7, 11) is 0. The third-order valence-electron chi connectivity index (χ3n) is 6.69. The quantitative estimate of drug-likeness (QED) is 0.326. The number of amides is 1. The monoisotopic (exact) mass is 507 g/mol. The van der Waals surface area contributed by atoms with Crippen molar-refractivity contribution in [1.82, 2.24) is 9.97 Å². The van der Waals surface area contributed by atoms with Gasteiger partial charge in [0.25, 0.3) is 5.90 Å². The molecule has 2 aliphatic rings. The Balaban J connectivity index is 1.98. The minimum atomic E-state index is -1.28. The van der Waals surface area contributed by atoms with E-state index in [1.54, 1.807) is 13.1 Å². The maximum absolute atomic E-state index is 15.4. The summed E-state index contributed by atoms with van der Waals surface area (Å²) in [6.07, 6.45) is 8.52. The number of halogens is 2. The molecule has 9 nitrogen and oxygen atoms in total. The predicted molar refractivity (Wildman–Crippen MR) is 137 cm³/mol. The molecule has 35 heavy (non-hydrogen) atoms. The highest BCUT2D eigenvalue weighted by Gasteiger charge is 2.40. The first-order valence-electron chi connectivity index (χ1n) is 12.1. The third kappa shape index (κ3) is 7.62. The van der Waals surface area contributed by atoms with Crippen LogP contribution < -0.4 is 16.4 Å². The number of aromatic nitrogens is 2. The summed E-state index contributed by atoms with van der Waals surface area (Å²) in [5.41, 5.74) is 11.1. The number of nitrogen functional groups attached to an aromatic ring is 1. The molecule has 0 aliphatic heterocycles. The Kier molecular flexibility index (Phi) is 9.04. The van der Waals surface area contributed by atoms with E-state index in [9.17, 15) is 4.79 Å². The van der Waals surface area contributed by atoms with E-state index in [0.717, 1.165) is 32.1 Å². The van der Waals surface area contributed by atoms with E-state index in [-0.39, 0.29) is 24.6 Å². The number of nitrogens with zero attached hydrogens (tertiary/aromatic N) is 4. The first-order chi connectivity index (χ1) is 16.6. The molecule has 1 aromatic heterocycles. The predicted octanol–water partition coefficient (Wildman–Crippen LogP) is 4.72. The van der Waals surface area contributed by atoms with Crippen LogP contribution >= 0.6 is 11.6 Å². The summed E-state index contributed by atoms with van der Waals surface area (Å²) in [5, 5.41) is 8.48. The fourth-order valence-corrected chi connectivity index (χ4v) is 4.73. The van der Waals surface area contributed by atoms with Crippen LogP contribution in [-0.2, 0) is 11.2 Å². The molecule has 0 saturated heterocycles. The number of allylic oxidation sites excluding steroid dienone is 1. The smallest absolute Gasteiger partial charge is 0.388 e. The van der Waals surface area contributed by atoms with Crippen molar-refractivity contribution >= 4 is 41.3 Å². The number of carbonyl (C=O) groups excluding carboxylic acids is 1. The molecule has 0 bridgehead atoms. The van der Waals surface area contributed by atoms with Gasteiger partial charge in [-0.25, -0.2) is 19.2 Å². The van der Waals surface area contributed by atoms with Crippen molar-refractivity contribution in [3.05, 3.63) is 22.8 Å². The molecular formula is C24H35ClFN7O2. The van der Waals surface area contributed by atoms with Crippen LogP contribution in [0.4, 0.5) is 20.7 Å². The Morgan fingerprint density at radius 3 is 2.60 bits per heavy atom. The second-order valence-corrected chi connectivity index (χ2v) is 10.3. The second kappa shape index (κ2) is 11.8. The lowest BCUT2D eigenvalue weighted by Crippen LogP contribution is -2.47. The molecule has 0 atom stereocenters. The van der Waals surface area contributed by atoms with Crippen molar-refractivity contribution in [2.75, 3.05) is 23.7 Å².